The smallest absolute Gasteiger partial charge is 0.328 e. The maximum Gasteiger partial charge on any atom is 0.328 e. The number of Topliss-reactive ketones (excluding diaryl/α,β-unsaturated/α-hetero) is 1. The average molecular weight is 434 g/mol. The van der Waals surface area contributed by atoms with Gasteiger partial charge in [0, 0.05) is 17.2 Å². The number of thioether (sulfide) groups is 1. The molecule has 1 aromatic carbocycles. The minimum Gasteiger partial charge on any atom is -0.467 e. The number of amides is 2. The highest BCUT2D eigenvalue weighted by Crippen LogP contribution is 2.35. The number of rotatable bonds is 5. The van der Waals surface area contributed by atoms with Crippen LogP contribution in [0.4, 0.5) is 4.79 Å². The minimum atomic E-state index is -1.02. The van der Waals surface area contributed by atoms with Gasteiger partial charge in [-0.05, 0) is 49.9 Å². The predicted octanol–water partition coefficient (Wildman–Crippen LogP) is 4.40. The monoisotopic (exact) mass is 433 g/mol. The molecule has 29 heavy (non-hydrogen) atoms. The Morgan fingerprint density at radius 2 is 1.97 bits per heavy atom. The second-order valence-electron chi connectivity index (χ2n) is 6.20. The highest BCUT2D eigenvalue weighted by molar-refractivity contribution is 8.18. The number of ketones is 1. The van der Waals surface area contributed by atoms with Crippen LogP contribution >= 0.6 is 23.4 Å². The normalized spacial score (nSPS) is 16.4. The quantitative estimate of drug-likeness (QED) is 0.392. The van der Waals surface area contributed by atoms with Gasteiger partial charge < -0.3 is 9.15 Å². The fraction of sp³-hybridized carbons (Fsp3) is 0.200. The summed E-state index contributed by atoms with van der Waals surface area (Å²) in [4.78, 5) is 48.8. The molecule has 0 spiro atoms. The predicted molar refractivity (Wildman–Crippen MR) is 108 cm³/mol. The Kier molecular flexibility index (Phi) is 5.95. The van der Waals surface area contributed by atoms with Crippen molar-refractivity contribution in [1.82, 2.24) is 4.90 Å². The standard InChI is InChI=1S/C20H16ClNO6S/c1-10(19(25)27-3)22-18(24)17(29-20(22)26)9-13-5-7-16(28-13)12-4-6-14(11(2)23)15(21)8-12/h4-10H,1-3H3/b17-9+. The van der Waals surface area contributed by atoms with Crippen LogP contribution in [0.5, 0.6) is 0 Å². The molecule has 0 N–H and O–H groups in total. The summed E-state index contributed by atoms with van der Waals surface area (Å²) < 4.78 is 10.3. The Morgan fingerprint density at radius 3 is 2.59 bits per heavy atom. The maximum atomic E-state index is 12.5. The minimum absolute atomic E-state index is 0.136. The van der Waals surface area contributed by atoms with Gasteiger partial charge in [0.05, 0.1) is 17.0 Å². The molecule has 3 rings (SSSR count). The van der Waals surface area contributed by atoms with Gasteiger partial charge in [0.1, 0.15) is 17.6 Å². The summed E-state index contributed by atoms with van der Waals surface area (Å²) in [6.07, 6.45) is 1.43. The van der Waals surface area contributed by atoms with Crippen molar-refractivity contribution in [1.29, 1.82) is 0 Å². The first-order valence-electron chi connectivity index (χ1n) is 8.48. The van der Waals surface area contributed by atoms with E-state index in [1.807, 2.05) is 0 Å². The van der Waals surface area contributed by atoms with E-state index in [1.54, 1.807) is 30.3 Å². The van der Waals surface area contributed by atoms with Gasteiger partial charge in [-0.25, -0.2) is 4.79 Å². The van der Waals surface area contributed by atoms with Crippen LogP contribution in [0.15, 0.2) is 39.7 Å². The summed E-state index contributed by atoms with van der Waals surface area (Å²) in [5.74, 6) is -0.582. The third kappa shape index (κ3) is 4.13. The molecule has 2 amide bonds. The second-order valence-corrected chi connectivity index (χ2v) is 7.60. The third-order valence-electron chi connectivity index (χ3n) is 4.29. The van der Waals surface area contributed by atoms with Crippen molar-refractivity contribution < 1.29 is 28.3 Å². The molecule has 9 heteroatoms. The molecule has 0 saturated carbocycles. The first-order valence-corrected chi connectivity index (χ1v) is 9.68. The van der Waals surface area contributed by atoms with Crippen molar-refractivity contribution >= 4 is 52.3 Å². The molecule has 2 heterocycles. The van der Waals surface area contributed by atoms with Gasteiger partial charge in [0.15, 0.2) is 5.78 Å². The van der Waals surface area contributed by atoms with Crippen LogP contribution < -0.4 is 0 Å². The molecule has 1 unspecified atom stereocenters. The number of halogens is 1. The van der Waals surface area contributed by atoms with E-state index in [0.29, 0.717) is 27.7 Å². The molecule has 0 radical (unpaired) electrons. The molecule has 1 aliphatic rings. The number of furan rings is 1. The molecule has 0 bridgehead atoms. The molecule has 1 fully saturated rings. The molecule has 150 valence electrons. The van der Waals surface area contributed by atoms with Crippen molar-refractivity contribution in [2.24, 2.45) is 0 Å². The van der Waals surface area contributed by atoms with Crippen LogP contribution in [0.3, 0.4) is 0 Å². The number of benzene rings is 1. The van der Waals surface area contributed by atoms with Gasteiger partial charge in [0.25, 0.3) is 11.1 Å². The van der Waals surface area contributed by atoms with Crippen molar-refractivity contribution in [2.75, 3.05) is 7.11 Å². The van der Waals surface area contributed by atoms with Gasteiger partial charge in [-0.3, -0.25) is 19.3 Å². The lowest BCUT2D eigenvalue weighted by Crippen LogP contribution is -2.42. The van der Waals surface area contributed by atoms with Crippen LogP contribution in [-0.2, 0) is 14.3 Å². The van der Waals surface area contributed by atoms with Crippen molar-refractivity contribution in [3.05, 3.63) is 51.6 Å². The van der Waals surface area contributed by atoms with Crippen molar-refractivity contribution in [3.63, 3.8) is 0 Å². The second kappa shape index (κ2) is 8.26. The number of carbonyl (C=O) groups excluding carboxylic acids is 4. The average Bonchev–Trinajstić information content (AvgIpc) is 3.25. The lowest BCUT2D eigenvalue weighted by molar-refractivity contribution is -0.148. The summed E-state index contributed by atoms with van der Waals surface area (Å²) in [5, 5.41) is -0.247. The summed E-state index contributed by atoms with van der Waals surface area (Å²) in [6.45, 7) is 2.85. The fourth-order valence-electron chi connectivity index (χ4n) is 2.76. The van der Waals surface area contributed by atoms with E-state index in [-0.39, 0.29) is 10.7 Å². The highest BCUT2D eigenvalue weighted by Gasteiger charge is 2.41. The van der Waals surface area contributed by atoms with E-state index in [9.17, 15) is 19.2 Å². The summed E-state index contributed by atoms with van der Waals surface area (Å²) in [6, 6.07) is 7.24. The number of ether oxygens (including phenoxy) is 1. The Balaban J connectivity index is 1.84. The molecule has 2 aromatic rings. The zero-order valence-corrected chi connectivity index (χ0v) is 17.3. The largest absolute Gasteiger partial charge is 0.467 e. The van der Waals surface area contributed by atoms with Gasteiger partial charge in [-0.2, -0.15) is 0 Å². The molecule has 0 aliphatic carbocycles. The molecule has 7 nitrogen and oxygen atoms in total. The van der Waals surface area contributed by atoms with Crippen molar-refractivity contribution in [3.8, 4) is 11.3 Å². The number of carbonyl (C=O) groups is 4. The molecule has 1 saturated heterocycles. The van der Waals surface area contributed by atoms with E-state index >= 15 is 0 Å². The van der Waals surface area contributed by atoms with Crippen LogP contribution in [0.2, 0.25) is 5.02 Å². The molecule has 1 aliphatic heterocycles. The lowest BCUT2D eigenvalue weighted by atomic mass is 10.1. The Bertz CT molecular complexity index is 1060. The molecule has 1 aromatic heterocycles. The van der Waals surface area contributed by atoms with Gasteiger partial charge in [-0.1, -0.05) is 17.7 Å². The van der Waals surface area contributed by atoms with Crippen molar-refractivity contribution in [2.45, 2.75) is 19.9 Å². The Labute approximate surface area is 175 Å². The fourth-order valence-corrected chi connectivity index (χ4v) is 3.96. The first kappa shape index (κ1) is 20.9. The van der Waals surface area contributed by atoms with E-state index in [4.69, 9.17) is 16.0 Å². The van der Waals surface area contributed by atoms with Crippen LogP contribution in [0.1, 0.15) is 30.0 Å². The van der Waals surface area contributed by atoms with E-state index < -0.39 is 23.2 Å². The number of methoxy groups -OCH3 is 1. The molecular formula is C20H16ClNO6S. The Hall–Kier alpha value is -2.84. The SMILES string of the molecule is COC(=O)C(C)N1C(=O)S/C(=C/c2ccc(-c3ccc(C(C)=O)c(Cl)c3)o2)C1=O. The lowest BCUT2D eigenvalue weighted by Gasteiger charge is -2.18. The van der Waals surface area contributed by atoms with E-state index in [1.165, 1.54) is 27.0 Å². The van der Waals surface area contributed by atoms with Crippen LogP contribution in [0, 0.1) is 0 Å². The van der Waals surface area contributed by atoms with E-state index in [0.717, 1.165) is 16.7 Å². The van der Waals surface area contributed by atoms with E-state index in [2.05, 4.69) is 4.74 Å². The highest BCUT2D eigenvalue weighted by atomic mass is 35.5. The van der Waals surface area contributed by atoms with Gasteiger partial charge in [0.2, 0.25) is 0 Å². The zero-order valence-electron chi connectivity index (χ0n) is 15.7. The number of esters is 1. The van der Waals surface area contributed by atoms with Gasteiger partial charge in [-0.15, -0.1) is 0 Å². The van der Waals surface area contributed by atoms with Gasteiger partial charge >= 0.3 is 5.97 Å². The summed E-state index contributed by atoms with van der Waals surface area (Å²) >= 11 is 6.85. The summed E-state index contributed by atoms with van der Waals surface area (Å²) in [5.41, 5.74) is 1.07. The molecular weight excluding hydrogens is 418 g/mol. The third-order valence-corrected chi connectivity index (χ3v) is 5.48. The number of hydrogen-bond acceptors (Lipinski definition) is 7. The van der Waals surface area contributed by atoms with Crippen LogP contribution in [0.25, 0.3) is 17.4 Å². The number of nitrogens with zero attached hydrogens (tertiary/aromatic N) is 1. The topological polar surface area (TPSA) is 93.9 Å². The number of hydrogen-bond donors (Lipinski definition) is 0. The van der Waals surface area contributed by atoms with Crippen LogP contribution in [-0.4, -0.2) is 41.0 Å². The zero-order chi connectivity index (χ0) is 21.3. The summed E-state index contributed by atoms with van der Waals surface area (Å²) in [7, 11) is 1.19. The maximum absolute atomic E-state index is 12.5. The Morgan fingerprint density at radius 1 is 1.24 bits per heavy atom. The first-order chi connectivity index (χ1) is 13.7. The molecule has 1 atom stereocenters. The number of imide groups is 1.